The molecule has 0 unspecified atom stereocenters. The molecule has 0 bridgehead atoms. The minimum absolute atomic E-state index is 0.00971. The predicted molar refractivity (Wildman–Crippen MR) is 105 cm³/mol. The fourth-order valence-electron chi connectivity index (χ4n) is 3.40. The van der Waals surface area contributed by atoms with Gasteiger partial charge in [-0.2, -0.15) is 9.40 Å². The van der Waals surface area contributed by atoms with E-state index in [-0.39, 0.29) is 16.5 Å². The van der Waals surface area contributed by atoms with Gasteiger partial charge in [-0.15, -0.1) is 5.10 Å². The maximum absolute atomic E-state index is 12.7. The molecule has 0 spiro atoms. The van der Waals surface area contributed by atoms with Crippen molar-refractivity contribution in [1.82, 2.24) is 33.4 Å². The Morgan fingerprint density at radius 3 is 2.45 bits per heavy atom. The molecule has 1 aliphatic rings. The molecule has 0 aliphatic carbocycles. The molecule has 1 fully saturated rings. The van der Waals surface area contributed by atoms with Gasteiger partial charge in [0.1, 0.15) is 5.82 Å². The lowest BCUT2D eigenvalue weighted by Crippen LogP contribution is -2.52. The number of rotatable bonds is 5. The molecule has 0 saturated carbocycles. The van der Waals surface area contributed by atoms with E-state index in [1.807, 2.05) is 19.9 Å². The average molecular weight is 417 g/mol. The summed E-state index contributed by atoms with van der Waals surface area (Å²) in [6.45, 7) is 6.58. The molecule has 0 radical (unpaired) electrons. The summed E-state index contributed by atoms with van der Waals surface area (Å²) < 4.78 is 31.5. The molecule has 0 atom stereocenters. The zero-order chi connectivity index (χ0) is 20.9. The van der Waals surface area contributed by atoms with Gasteiger partial charge in [0, 0.05) is 44.0 Å². The maximum atomic E-state index is 12.7. The monoisotopic (exact) mass is 417 g/mol. The van der Waals surface area contributed by atoms with Crippen LogP contribution < -0.4 is 5.56 Å². The highest BCUT2D eigenvalue weighted by Crippen LogP contribution is 2.25. The number of sulfonamides is 1. The lowest BCUT2D eigenvalue weighted by Gasteiger charge is -2.37. The number of hydrogen-bond donors (Lipinski definition) is 0. The summed E-state index contributed by atoms with van der Waals surface area (Å²) in [5, 5.41) is 8.87. The van der Waals surface area contributed by atoms with Crippen LogP contribution in [0.1, 0.15) is 17.2 Å². The average Bonchev–Trinajstić information content (AvgIpc) is 3.13. The fourth-order valence-corrected chi connectivity index (χ4v) is 5.02. The highest BCUT2D eigenvalue weighted by molar-refractivity contribution is 7.89. The fraction of sp³-hybridized carbons (Fsp3) is 0.444. The molecule has 0 amide bonds. The molecule has 29 heavy (non-hydrogen) atoms. The minimum atomic E-state index is -3.61. The van der Waals surface area contributed by atoms with Crippen LogP contribution in [-0.4, -0.2) is 54.9 Å². The second-order valence-corrected chi connectivity index (χ2v) is 9.36. The Kier molecular flexibility index (Phi) is 4.66. The van der Waals surface area contributed by atoms with Gasteiger partial charge in [0.15, 0.2) is 10.8 Å². The van der Waals surface area contributed by atoms with Gasteiger partial charge in [-0.25, -0.2) is 22.8 Å². The van der Waals surface area contributed by atoms with Crippen molar-refractivity contribution in [1.29, 1.82) is 0 Å². The van der Waals surface area contributed by atoms with Crippen molar-refractivity contribution in [2.75, 3.05) is 13.1 Å². The summed E-state index contributed by atoms with van der Waals surface area (Å²) in [5.74, 6) is 1.20. The largest absolute Gasteiger partial charge is 0.337 e. The van der Waals surface area contributed by atoms with Crippen molar-refractivity contribution in [2.24, 2.45) is 13.0 Å². The van der Waals surface area contributed by atoms with Crippen molar-refractivity contribution in [3.8, 4) is 5.82 Å². The summed E-state index contributed by atoms with van der Waals surface area (Å²) in [5.41, 5.74) is 1.57. The molecule has 11 heteroatoms. The Bertz CT molecular complexity index is 1210. The van der Waals surface area contributed by atoms with Crippen LogP contribution in [0.25, 0.3) is 5.82 Å². The molecule has 154 valence electrons. The second kappa shape index (κ2) is 6.92. The lowest BCUT2D eigenvalue weighted by molar-refractivity contribution is 0.172. The highest BCUT2D eigenvalue weighted by atomic mass is 32.2. The van der Waals surface area contributed by atoms with E-state index in [2.05, 4.69) is 15.2 Å². The molecular weight excluding hydrogens is 394 g/mol. The molecule has 4 rings (SSSR count). The van der Waals surface area contributed by atoms with Gasteiger partial charge in [-0.3, -0.25) is 4.79 Å². The minimum Gasteiger partial charge on any atom is -0.337 e. The van der Waals surface area contributed by atoms with Crippen LogP contribution in [-0.2, 0) is 23.6 Å². The first-order valence-electron chi connectivity index (χ1n) is 9.27. The van der Waals surface area contributed by atoms with Crippen LogP contribution in [0.5, 0.6) is 0 Å². The Morgan fingerprint density at radius 1 is 1.14 bits per heavy atom. The Balaban J connectivity index is 1.48. The molecule has 0 aromatic carbocycles. The zero-order valence-electron chi connectivity index (χ0n) is 16.8. The van der Waals surface area contributed by atoms with E-state index in [9.17, 15) is 13.2 Å². The van der Waals surface area contributed by atoms with Gasteiger partial charge < -0.3 is 4.57 Å². The van der Waals surface area contributed by atoms with Crippen LogP contribution >= 0.6 is 0 Å². The van der Waals surface area contributed by atoms with Gasteiger partial charge in [0.25, 0.3) is 15.6 Å². The van der Waals surface area contributed by atoms with E-state index in [1.54, 1.807) is 29.3 Å². The third-order valence-corrected chi connectivity index (χ3v) is 6.83. The van der Waals surface area contributed by atoms with Crippen LogP contribution in [0, 0.1) is 26.7 Å². The number of hydrogen-bond acceptors (Lipinski definition) is 6. The van der Waals surface area contributed by atoms with Crippen molar-refractivity contribution < 1.29 is 8.42 Å². The molecule has 4 heterocycles. The third-order valence-electron chi connectivity index (χ3n) is 5.12. The number of aromatic nitrogens is 6. The summed E-state index contributed by atoms with van der Waals surface area (Å²) >= 11 is 0. The van der Waals surface area contributed by atoms with Crippen molar-refractivity contribution in [3.63, 3.8) is 0 Å². The molecule has 3 aromatic rings. The standard InChI is InChI=1S/C18H23N7O3S/c1-12-7-13(2)25(20-12)16-5-6-18(26)24(21-16)10-15-8-23(9-15)29(27,28)17-11-22(4)14(3)19-17/h5-7,11,15H,8-10H2,1-4H3. The number of aryl methyl sites for hydroxylation is 4. The lowest BCUT2D eigenvalue weighted by atomic mass is 10.0. The van der Waals surface area contributed by atoms with Crippen LogP contribution in [0.4, 0.5) is 0 Å². The molecule has 10 nitrogen and oxygen atoms in total. The normalized spacial score (nSPS) is 15.6. The van der Waals surface area contributed by atoms with Crippen molar-refractivity contribution >= 4 is 10.0 Å². The highest BCUT2D eigenvalue weighted by Gasteiger charge is 2.38. The Labute approximate surface area is 168 Å². The number of nitrogens with zero attached hydrogens (tertiary/aromatic N) is 7. The van der Waals surface area contributed by atoms with E-state index in [1.165, 1.54) is 21.3 Å². The summed E-state index contributed by atoms with van der Waals surface area (Å²) in [6.07, 6.45) is 1.52. The van der Waals surface area contributed by atoms with Gasteiger partial charge in [-0.1, -0.05) is 0 Å². The summed E-state index contributed by atoms with van der Waals surface area (Å²) in [6, 6.07) is 5.03. The predicted octanol–water partition coefficient (Wildman–Crippen LogP) is 0.408. The molecule has 1 saturated heterocycles. The van der Waals surface area contributed by atoms with E-state index in [0.717, 1.165) is 11.4 Å². The van der Waals surface area contributed by atoms with Crippen LogP contribution in [0.2, 0.25) is 0 Å². The van der Waals surface area contributed by atoms with Crippen molar-refractivity contribution in [2.45, 2.75) is 32.3 Å². The summed E-state index contributed by atoms with van der Waals surface area (Å²) in [7, 11) is -1.86. The summed E-state index contributed by atoms with van der Waals surface area (Å²) in [4.78, 5) is 16.4. The van der Waals surface area contributed by atoms with Gasteiger partial charge in [0.2, 0.25) is 0 Å². The van der Waals surface area contributed by atoms with Crippen molar-refractivity contribution in [3.05, 3.63) is 52.0 Å². The molecule has 0 N–H and O–H groups in total. The van der Waals surface area contributed by atoms with E-state index in [0.29, 0.717) is 31.3 Å². The first-order chi connectivity index (χ1) is 13.6. The van der Waals surface area contributed by atoms with Crippen LogP contribution in [0.3, 0.4) is 0 Å². The number of imidazole rings is 1. The molecule has 1 aliphatic heterocycles. The van der Waals surface area contributed by atoms with Gasteiger partial charge in [-0.05, 0) is 32.9 Å². The van der Waals surface area contributed by atoms with E-state index < -0.39 is 10.0 Å². The maximum Gasteiger partial charge on any atom is 0.266 e. The van der Waals surface area contributed by atoms with Gasteiger partial charge >= 0.3 is 0 Å². The van der Waals surface area contributed by atoms with E-state index in [4.69, 9.17) is 0 Å². The topological polar surface area (TPSA) is 108 Å². The SMILES string of the molecule is Cc1cc(C)n(-c2ccc(=O)n(CC3CN(S(=O)(=O)c4cn(C)c(C)n4)C3)n2)n1. The Hall–Kier alpha value is -2.79. The Morgan fingerprint density at radius 2 is 1.86 bits per heavy atom. The third kappa shape index (κ3) is 3.51. The quantitative estimate of drug-likeness (QED) is 0.595. The molecular formula is C18H23N7O3S. The van der Waals surface area contributed by atoms with Gasteiger partial charge in [0.05, 0.1) is 12.2 Å². The van der Waals surface area contributed by atoms with E-state index >= 15 is 0 Å². The van der Waals surface area contributed by atoms with Crippen LogP contribution in [0.15, 0.2) is 34.2 Å². The smallest absolute Gasteiger partial charge is 0.266 e. The zero-order valence-corrected chi connectivity index (χ0v) is 17.6. The first-order valence-corrected chi connectivity index (χ1v) is 10.7. The molecule has 3 aromatic heterocycles. The first kappa shape index (κ1) is 19.5. The second-order valence-electron chi connectivity index (χ2n) is 7.48.